The maximum absolute atomic E-state index is 9.38. The van der Waals surface area contributed by atoms with Crippen molar-refractivity contribution in [1.82, 2.24) is 9.55 Å². The first-order chi connectivity index (χ1) is 30.8. The molecule has 47 heavy (non-hydrogen) atoms. The molecule has 0 aliphatic heterocycles. The van der Waals surface area contributed by atoms with Gasteiger partial charge in [0.05, 0.1) is 35.7 Å². The highest BCUT2D eigenvalue weighted by molar-refractivity contribution is 6.21. The molecule has 0 amide bonds. The Bertz CT molecular complexity index is 3440. The van der Waals surface area contributed by atoms with Crippen LogP contribution in [0, 0.1) is 0 Å². The lowest BCUT2D eigenvalue weighted by Gasteiger charge is -2.18. The zero-order chi connectivity index (χ0) is 46.8. The van der Waals surface area contributed by atoms with Gasteiger partial charge >= 0.3 is 0 Å². The minimum absolute atomic E-state index is 0.0285. The number of fused-ring (bicyclic) bond motifs is 3. The normalized spacial score (nSPS) is 16.8. The van der Waals surface area contributed by atoms with Gasteiger partial charge < -0.3 is 0 Å². The third-order valence-electron chi connectivity index (χ3n) is 8.02. The highest BCUT2D eigenvalue weighted by atomic mass is 15.1. The van der Waals surface area contributed by atoms with Gasteiger partial charge in [-0.2, -0.15) is 0 Å². The van der Waals surface area contributed by atoms with Gasteiger partial charge in [0.15, 0.2) is 0 Å². The lowest BCUT2D eigenvalue weighted by atomic mass is 9.85. The third-order valence-corrected chi connectivity index (χ3v) is 8.02. The second kappa shape index (κ2) is 11.3. The molecular formula is C45H30N2. The number of hydrogen-bond donors (Lipinski definition) is 0. The molecule has 9 aromatic rings. The molecule has 0 saturated carbocycles. The number of benzene rings is 8. The Morgan fingerprint density at radius 2 is 0.957 bits per heavy atom. The van der Waals surface area contributed by atoms with E-state index in [0.717, 1.165) is 0 Å². The van der Waals surface area contributed by atoms with E-state index in [9.17, 15) is 5.48 Å². The molecule has 1 aromatic heterocycles. The Kier molecular flexibility index (Phi) is 3.47. The molecule has 0 radical (unpaired) electrons. The summed E-state index contributed by atoms with van der Waals surface area (Å²) in [5, 5.41) is -0.351. The van der Waals surface area contributed by atoms with E-state index in [1.54, 1.807) is 48.5 Å². The first kappa shape index (κ1) is 14.5. The minimum Gasteiger partial charge on any atom is -0.292 e. The van der Waals surface area contributed by atoms with Crippen molar-refractivity contribution in [3.63, 3.8) is 0 Å². The fourth-order valence-corrected chi connectivity index (χ4v) is 6.02. The SMILES string of the molecule is [2H]c1c([2H])c([2H])c(-c2ccc(-c3c4c([2H])c([2H])c([2H])c([2H])c4c(-c4cccc(-c5nc6ccccc6n5-c5c([2H])c([2H])c([2H])c([2H])c5[2H])c4)c4c([2H])c([2H])c([2H])c([2H])c34)cc2)c([2H])c1[2H]. The highest BCUT2D eigenvalue weighted by Crippen LogP contribution is 2.44. The highest BCUT2D eigenvalue weighted by Gasteiger charge is 2.19. The van der Waals surface area contributed by atoms with Gasteiger partial charge in [0, 0.05) is 11.3 Å². The van der Waals surface area contributed by atoms with Crippen LogP contribution in [-0.4, -0.2) is 9.55 Å². The number of nitrogens with zero attached hydrogens (tertiary/aromatic N) is 2. The van der Waals surface area contributed by atoms with Gasteiger partial charge in [-0.1, -0.05) is 151 Å². The van der Waals surface area contributed by atoms with E-state index >= 15 is 0 Å². The summed E-state index contributed by atoms with van der Waals surface area (Å²) in [6.07, 6.45) is 0. The van der Waals surface area contributed by atoms with Crippen molar-refractivity contribution in [2.24, 2.45) is 0 Å². The Balaban J connectivity index is 1.39. The molecule has 1 heterocycles. The molecule has 8 aromatic carbocycles. The van der Waals surface area contributed by atoms with Crippen LogP contribution < -0.4 is 0 Å². The van der Waals surface area contributed by atoms with Crippen LogP contribution in [0.4, 0.5) is 0 Å². The van der Waals surface area contributed by atoms with Crippen LogP contribution >= 0.6 is 0 Å². The van der Waals surface area contributed by atoms with Crippen molar-refractivity contribution in [2.45, 2.75) is 0 Å². The molecule has 0 aliphatic carbocycles. The van der Waals surface area contributed by atoms with Crippen LogP contribution in [0.2, 0.25) is 0 Å². The summed E-state index contributed by atoms with van der Waals surface area (Å²) in [7, 11) is 0. The third kappa shape index (κ3) is 4.62. The van der Waals surface area contributed by atoms with Crippen LogP contribution in [0.15, 0.2) is 182 Å². The van der Waals surface area contributed by atoms with Crippen molar-refractivity contribution in [3.05, 3.63) is 182 Å². The van der Waals surface area contributed by atoms with Crippen molar-refractivity contribution < 1.29 is 24.7 Å². The first-order valence-corrected chi connectivity index (χ1v) is 14.6. The van der Waals surface area contributed by atoms with E-state index in [2.05, 4.69) is 0 Å². The first-order valence-electron chi connectivity index (χ1n) is 23.6. The molecule has 2 nitrogen and oxygen atoms in total. The van der Waals surface area contributed by atoms with Gasteiger partial charge in [0.25, 0.3) is 0 Å². The van der Waals surface area contributed by atoms with E-state index in [1.165, 1.54) is 28.8 Å². The number of aromatic nitrogens is 2. The summed E-state index contributed by atoms with van der Waals surface area (Å²) < 4.78 is 158. The van der Waals surface area contributed by atoms with Gasteiger partial charge in [-0.3, -0.25) is 4.57 Å². The Hall–Kier alpha value is -6.25. The predicted molar refractivity (Wildman–Crippen MR) is 198 cm³/mol. The average molecular weight is 617 g/mol. The number of para-hydroxylation sites is 3. The Morgan fingerprint density at radius 1 is 0.426 bits per heavy atom. The summed E-state index contributed by atoms with van der Waals surface area (Å²) in [5.41, 5.74) is 1.64. The van der Waals surface area contributed by atoms with Crippen molar-refractivity contribution in [1.29, 1.82) is 0 Å². The van der Waals surface area contributed by atoms with Gasteiger partial charge in [0.2, 0.25) is 0 Å². The fourth-order valence-electron chi connectivity index (χ4n) is 6.02. The Labute approximate surface area is 299 Å². The molecule has 0 bridgehead atoms. The summed E-state index contributed by atoms with van der Waals surface area (Å²) in [5.74, 6) is 0.139. The molecule has 0 atom stereocenters. The largest absolute Gasteiger partial charge is 0.292 e. The maximum Gasteiger partial charge on any atom is 0.145 e. The van der Waals surface area contributed by atoms with Gasteiger partial charge in [0.1, 0.15) is 5.82 Å². The Morgan fingerprint density at radius 3 is 1.62 bits per heavy atom. The molecular weight excluding hydrogens is 569 g/mol. The lowest BCUT2D eigenvalue weighted by molar-refractivity contribution is 1.10. The molecule has 220 valence electrons. The minimum atomic E-state index is -0.620. The van der Waals surface area contributed by atoms with E-state index in [0.29, 0.717) is 16.6 Å². The van der Waals surface area contributed by atoms with Crippen molar-refractivity contribution >= 4 is 32.6 Å². The number of hydrogen-bond acceptors (Lipinski definition) is 1. The van der Waals surface area contributed by atoms with Crippen LogP contribution in [0.25, 0.3) is 83.0 Å². The van der Waals surface area contributed by atoms with Gasteiger partial charge in [-0.15, -0.1) is 0 Å². The van der Waals surface area contributed by atoms with Crippen LogP contribution in [0.1, 0.15) is 24.7 Å². The maximum atomic E-state index is 9.38. The van der Waals surface area contributed by atoms with Crippen molar-refractivity contribution in [2.75, 3.05) is 0 Å². The fraction of sp³-hybridized carbons (Fsp3) is 0. The molecule has 2 heteroatoms. The zero-order valence-electron chi connectivity index (χ0n) is 42.3. The molecule has 0 fully saturated rings. The van der Waals surface area contributed by atoms with E-state index in [-0.39, 0.29) is 66.4 Å². The predicted octanol–water partition coefficient (Wildman–Crippen LogP) is 12.0. The van der Waals surface area contributed by atoms with Gasteiger partial charge in [-0.05, 0) is 85.2 Å². The summed E-state index contributed by atoms with van der Waals surface area (Å²) >= 11 is 0. The molecule has 0 aliphatic rings. The average Bonchev–Trinajstić information content (AvgIpc) is 3.69. The second-order valence-electron chi connectivity index (χ2n) is 10.6. The quantitative estimate of drug-likeness (QED) is 0.176. The standard InChI is InChI=1S/C45H30N2/c1-3-14-31(15-4-1)32-26-28-33(29-27-32)43-37-20-7-9-22-39(37)44(40-23-10-8-21-38(40)43)34-16-13-17-35(30-34)45-46-41-24-11-12-25-42(41)47(45)36-18-5-2-6-19-36/h1-30H/i1D,2D,3D,4D,5D,6D,7D,8D,9D,10D,14D,15D,18D,19D,20D,21D,22D,23D. The number of imidazole rings is 1. The van der Waals surface area contributed by atoms with E-state index < -0.39 is 109 Å². The topological polar surface area (TPSA) is 17.8 Å². The van der Waals surface area contributed by atoms with Crippen LogP contribution in [0.3, 0.4) is 0 Å². The smallest absolute Gasteiger partial charge is 0.145 e. The summed E-state index contributed by atoms with van der Waals surface area (Å²) in [6, 6.07) is 9.42. The lowest BCUT2D eigenvalue weighted by Crippen LogP contribution is -1.97. The van der Waals surface area contributed by atoms with Crippen molar-refractivity contribution in [3.8, 4) is 50.5 Å². The molecule has 9 rings (SSSR count). The van der Waals surface area contributed by atoms with Crippen LogP contribution in [0.5, 0.6) is 0 Å². The molecule has 0 unspecified atom stereocenters. The number of rotatable bonds is 5. The molecule has 0 spiro atoms. The van der Waals surface area contributed by atoms with Gasteiger partial charge in [-0.25, -0.2) is 4.98 Å². The van der Waals surface area contributed by atoms with E-state index in [1.807, 2.05) is 0 Å². The monoisotopic (exact) mass is 616 g/mol. The second-order valence-corrected chi connectivity index (χ2v) is 10.6. The molecule has 0 saturated heterocycles. The zero-order valence-corrected chi connectivity index (χ0v) is 24.3. The summed E-state index contributed by atoms with van der Waals surface area (Å²) in [4.78, 5) is 4.83. The molecule has 0 N–H and O–H groups in total. The van der Waals surface area contributed by atoms with Crippen LogP contribution in [-0.2, 0) is 0 Å². The summed E-state index contributed by atoms with van der Waals surface area (Å²) in [6.45, 7) is 0. The van der Waals surface area contributed by atoms with E-state index in [4.69, 9.17) is 24.2 Å².